The van der Waals surface area contributed by atoms with Crippen LogP contribution >= 0.6 is 0 Å². The molecule has 0 fully saturated rings. The zero-order chi connectivity index (χ0) is 16.9. The minimum Gasteiger partial charge on any atom is -0.324 e. The monoisotopic (exact) mass is 320 g/mol. The molecule has 0 saturated carbocycles. The molecule has 3 rings (SSSR count). The second kappa shape index (κ2) is 7.13. The summed E-state index contributed by atoms with van der Waals surface area (Å²) in [6, 6.07) is 17.3. The molecule has 0 aromatic heterocycles. The third kappa shape index (κ3) is 3.38. The van der Waals surface area contributed by atoms with Crippen LogP contribution in [0.4, 0.5) is 11.4 Å². The van der Waals surface area contributed by atoms with Crippen molar-refractivity contribution in [3.8, 4) is 0 Å². The fourth-order valence-corrected chi connectivity index (χ4v) is 2.96. The van der Waals surface area contributed by atoms with Crippen molar-refractivity contribution in [1.29, 1.82) is 0 Å². The lowest BCUT2D eigenvalue weighted by Gasteiger charge is -2.24. The Morgan fingerprint density at radius 3 is 2.62 bits per heavy atom. The molecule has 1 aliphatic heterocycles. The van der Waals surface area contributed by atoms with Gasteiger partial charge in [0.05, 0.1) is 11.4 Å². The first kappa shape index (κ1) is 16.0. The summed E-state index contributed by atoms with van der Waals surface area (Å²) in [5, 5.41) is 2.85. The zero-order valence-corrected chi connectivity index (χ0v) is 13.4. The van der Waals surface area contributed by atoms with Crippen molar-refractivity contribution in [2.75, 3.05) is 16.8 Å². The molecule has 4 heteroatoms. The van der Waals surface area contributed by atoms with Gasteiger partial charge in [0.2, 0.25) is 11.8 Å². The maximum atomic E-state index is 12.9. The largest absolute Gasteiger partial charge is 0.324 e. The van der Waals surface area contributed by atoms with Crippen LogP contribution < -0.4 is 10.2 Å². The predicted octanol–water partition coefficient (Wildman–Crippen LogP) is 3.72. The highest BCUT2D eigenvalue weighted by atomic mass is 16.2. The lowest BCUT2D eigenvalue weighted by Crippen LogP contribution is -2.32. The van der Waals surface area contributed by atoms with Crippen molar-refractivity contribution in [2.45, 2.75) is 18.8 Å². The first-order valence-electron chi connectivity index (χ1n) is 8.06. The Morgan fingerprint density at radius 1 is 1.17 bits per heavy atom. The van der Waals surface area contributed by atoms with E-state index in [1.807, 2.05) is 54.6 Å². The molecular formula is C20H20N2O2. The molecule has 0 spiro atoms. The van der Waals surface area contributed by atoms with Crippen LogP contribution in [0.3, 0.4) is 0 Å². The Kier molecular flexibility index (Phi) is 4.75. The molecule has 1 N–H and O–H groups in total. The Balaban J connectivity index is 1.84. The highest BCUT2D eigenvalue weighted by Gasteiger charge is 2.25. The lowest BCUT2D eigenvalue weighted by molar-refractivity contribution is -0.118. The Bertz CT molecular complexity index is 755. The summed E-state index contributed by atoms with van der Waals surface area (Å²) in [7, 11) is 0. The smallest absolute Gasteiger partial charge is 0.227 e. The van der Waals surface area contributed by atoms with Gasteiger partial charge in [-0.05, 0) is 17.7 Å². The summed E-state index contributed by atoms with van der Waals surface area (Å²) in [5.41, 5.74) is 2.51. The second-order valence-electron chi connectivity index (χ2n) is 5.82. The third-order valence-corrected chi connectivity index (χ3v) is 4.24. The number of anilines is 2. The van der Waals surface area contributed by atoms with E-state index in [9.17, 15) is 9.59 Å². The molecule has 1 atom stereocenters. The number of para-hydroxylation sites is 2. The van der Waals surface area contributed by atoms with Crippen LogP contribution in [0, 0.1) is 0 Å². The molecular weight excluding hydrogens is 300 g/mol. The molecule has 0 radical (unpaired) electrons. The first-order valence-corrected chi connectivity index (χ1v) is 8.06. The Morgan fingerprint density at radius 2 is 1.88 bits per heavy atom. The number of benzene rings is 2. The fraction of sp³-hybridized carbons (Fsp3) is 0.200. The fourth-order valence-electron chi connectivity index (χ4n) is 2.96. The van der Waals surface area contributed by atoms with Gasteiger partial charge in [-0.1, -0.05) is 48.5 Å². The van der Waals surface area contributed by atoms with Gasteiger partial charge in [0, 0.05) is 25.3 Å². The van der Waals surface area contributed by atoms with E-state index >= 15 is 0 Å². The van der Waals surface area contributed by atoms with E-state index in [2.05, 4.69) is 11.9 Å². The molecule has 24 heavy (non-hydrogen) atoms. The van der Waals surface area contributed by atoms with E-state index < -0.39 is 0 Å². The van der Waals surface area contributed by atoms with Gasteiger partial charge in [-0.25, -0.2) is 0 Å². The standard InChI is InChI=1S/C20H20N2O2/c1-2-15(16-8-4-3-5-9-16)14-20(24)22-13-12-19(23)21-17-10-6-7-11-18(17)22/h2-11,15H,1,12-14H2,(H,21,23)/t15-/m0/s1. The van der Waals surface area contributed by atoms with Crippen molar-refractivity contribution < 1.29 is 9.59 Å². The van der Waals surface area contributed by atoms with Crippen LogP contribution in [0.25, 0.3) is 0 Å². The summed E-state index contributed by atoms with van der Waals surface area (Å²) >= 11 is 0. The van der Waals surface area contributed by atoms with E-state index in [1.165, 1.54) is 0 Å². The third-order valence-electron chi connectivity index (χ3n) is 4.24. The summed E-state index contributed by atoms with van der Waals surface area (Å²) in [6.45, 7) is 4.26. The molecule has 1 heterocycles. The minimum atomic E-state index is -0.0684. The summed E-state index contributed by atoms with van der Waals surface area (Å²) in [6.07, 6.45) is 2.43. The molecule has 0 bridgehead atoms. The highest BCUT2D eigenvalue weighted by molar-refractivity contribution is 6.03. The van der Waals surface area contributed by atoms with E-state index in [0.29, 0.717) is 25.1 Å². The van der Waals surface area contributed by atoms with Crippen LogP contribution in [0.2, 0.25) is 0 Å². The number of nitrogens with zero attached hydrogens (tertiary/aromatic N) is 1. The number of rotatable bonds is 4. The van der Waals surface area contributed by atoms with Crippen LogP contribution in [-0.2, 0) is 9.59 Å². The number of hydrogen-bond acceptors (Lipinski definition) is 2. The number of hydrogen-bond donors (Lipinski definition) is 1. The van der Waals surface area contributed by atoms with Gasteiger partial charge < -0.3 is 10.2 Å². The van der Waals surface area contributed by atoms with Crippen molar-refractivity contribution in [3.63, 3.8) is 0 Å². The molecule has 0 aliphatic carbocycles. The number of amides is 2. The highest BCUT2D eigenvalue weighted by Crippen LogP contribution is 2.30. The van der Waals surface area contributed by atoms with E-state index in [-0.39, 0.29) is 17.7 Å². The molecule has 4 nitrogen and oxygen atoms in total. The second-order valence-corrected chi connectivity index (χ2v) is 5.82. The quantitative estimate of drug-likeness (QED) is 0.873. The van der Waals surface area contributed by atoms with Crippen LogP contribution in [0.5, 0.6) is 0 Å². The average molecular weight is 320 g/mol. The van der Waals surface area contributed by atoms with E-state index in [4.69, 9.17) is 0 Å². The minimum absolute atomic E-state index is 0.00676. The van der Waals surface area contributed by atoms with Crippen LogP contribution in [-0.4, -0.2) is 18.4 Å². The zero-order valence-electron chi connectivity index (χ0n) is 13.4. The number of allylic oxidation sites excluding steroid dienone is 1. The van der Waals surface area contributed by atoms with Gasteiger partial charge in [-0.3, -0.25) is 9.59 Å². The Hall–Kier alpha value is -2.88. The average Bonchev–Trinajstić information content (AvgIpc) is 2.78. The lowest BCUT2D eigenvalue weighted by atomic mass is 9.95. The van der Waals surface area contributed by atoms with Crippen molar-refractivity contribution in [3.05, 3.63) is 72.8 Å². The molecule has 0 unspecified atom stereocenters. The number of carbonyl (C=O) groups is 2. The van der Waals surface area contributed by atoms with Crippen molar-refractivity contribution in [1.82, 2.24) is 0 Å². The summed E-state index contributed by atoms with van der Waals surface area (Å²) in [4.78, 5) is 26.5. The predicted molar refractivity (Wildman–Crippen MR) is 96.0 cm³/mol. The van der Waals surface area contributed by atoms with Gasteiger partial charge in [-0.15, -0.1) is 6.58 Å². The maximum absolute atomic E-state index is 12.9. The van der Waals surface area contributed by atoms with Gasteiger partial charge in [-0.2, -0.15) is 0 Å². The van der Waals surface area contributed by atoms with Crippen LogP contribution in [0.1, 0.15) is 24.3 Å². The van der Waals surface area contributed by atoms with Gasteiger partial charge >= 0.3 is 0 Å². The molecule has 2 amide bonds. The van der Waals surface area contributed by atoms with Gasteiger partial charge in [0.1, 0.15) is 0 Å². The maximum Gasteiger partial charge on any atom is 0.227 e. The van der Waals surface area contributed by atoms with Crippen LogP contribution in [0.15, 0.2) is 67.3 Å². The van der Waals surface area contributed by atoms with Crippen molar-refractivity contribution in [2.24, 2.45) is 0 Å². The van der Waals surface area contributed by atoms with Crippen molar-refractivity contribution >= 4 is 23.2 Å². The summed E-state index contributed by atoms with van der Waals surface area (Å²) < 4.78 is 0. The summed E-state index contributed by atoms with van der Waals surface area (Å²) in [5.74, 6) is -0.119. The molecule has 2 aromatic carbocycles. The molecule has 0 saturated heterocycles. The number of fused-ring (bicyclic) bond motifs is 1. The number of carbonyl (C=O) groups excluding carboxylic acids is 2. The normalized spacial score (nSPS) is 15.0. The number of nitrogens with one attached hydrogen (secondary N) is 1. The van der Waals surface area contributed by atoms with E-state index in [1.54, 1.807) is 11.0 Å². The first-order chi connectivity index (χ1) is 11.7. The Labute approximate surface area is 141 Å². The molecule has 1 aliphatic rings. The molecule has 122 valence electrons. The van der Waals surface area contributed by atoms with Gasteiger partial charge in [0.25, 0.3) is 0 Å². The topological polar surface area (TPSA) is 49.4 Å². The van der Waals surface area contributed by atoms with Gasteiger partial charge in [0.15, 0.2) is 0 Å². The van der Waals surface area contributed by atoms with E-state index in [0.717, 1.165) is 11.3 Å². The molecule has 2 aromatic rings. The SMILES string of the molecule is C=C[C@@H](CC(=O)N1CCC(=O)Nc2ccccc21)c1ccccc1.